The molecule has 8 heteroatoms. The Labute approximate surface area is 184 Å². The Morgan fingerprint density at radius 1 is 1.09 bits per heavy atom. The predicted octanol–water partition coefficient (Wildman–Crippen LogP) is 3.68. The topological polar surface area (TPSA) is 94.7 Å². The van der Waals surface area contributed by atoms with Gasteiger partial charge in [-0.2, -0.15) is 15.3 Å². The van der Waals surface area contributed by atoms with Crippen LogP contribution in [0, 0.1) is 0 Å². The van der Waals surface area contributed by atoms with Crippen LogP contribution in [-0.2, 0) is 7.05 Å². The quantitative estimate of drug-likeness (QED) is 0.535. The van der Waals surface area contributed by atoms with Gasteiger partial charge < -0.3 is 9.88 Å². The number of carbonyl (C=O) groups excluding carboxylic acids is 1. The maximum atomic E-state index is 12.7. The Kier molecular flexibility index (Phi) is 5.26. The lowest BCUT2D eigenvalue weighted by Gasteiger charge is -2.28. The van der Waals surface area contributed by atoms with Gasteiger partial charge in [-0.15, -0.1) is 0 Å². The highest BCUT2D eigenvalue weighted by molar-refractivity contribution is 6.06. The monoisotopic (exact) mass is 428 g/mol. The zero-order valence-corrected chi connectivity index (χ0v) is 17.8. The Balaban J connectivity index is 1.30. The van der Waals surface area contributed by atoms with Crippen LogP contribution in [0.2, 0.25) is 0 Å². The van der Waals surface area contributed by atoms with Crippen LogP contribution in [0.25, 0.3) is 10.9 Å². The van der Waals surface area contributed by atoms with Crippen molar-refractivity contribution >= 4 is 22.5 Å². The number of aryl methyl sites for hydroxylation is 1. The normalized spacial score (nSPS) is 18.5. The molecule has 0 unspecified atom stereocenters. The molecule has 0 aliphatic heterocycles. The smallest absolute Gasteiger partial charge is 0.274 e. The number of carbonyl (C=O) groups is 1. The first-order valence-corrected chi connectivity index (χ1v) is 10.8. The molecular weight excluding hydrogens is 404 g/mol. The molecule has 1 aliphatic carbocycles. The van der Waals surface area contributed by atoms with Crippen molar-refractivity contribution < 1.29 is 4.79 Å². The van der Waals surface area contributed by atoms with Crippen LogP contribution in [0.15, 0.2) is 65.8 Å². The van der Waals surface area contributed by atoms with Crippen molar-refractivity contribution in [3.63, 3.8) is 0 Å². The summed E-state index contributed by atoms with van der Waals surface area (Å²) in [6.07, 6.45) is 9.54. The number of aromatic nitrogens is 5. The minimum absolute atomic E-state index is 0.244. The van der Waals surface area contributed by atoms with E-state index in [1.54, 1.807) is 37.6 Å². The Bertz CT molecular complexity index is 1320. The van der Waals surface area contributed by atoms with Gasteiger partial charge >= 0.3 is 0 Å². The van der Waals surface area contributed by atoms with E-state index in [0.717, 1.165) is 42.3 Å². The van der Waals surface area contributed by atoms with E-state index in [0.29, 0.717) is 17.5 Å². The number of nitrogens with one attached hydrogen (secondary N) is 1. The first kappa shape index (κ1) is 20.1. The lowest BCUT2D eigenvalue weighted by Crippen LogP contribution is -2.23. The van der Waals surface area contributed by atoms with Crippen molar-refractivity contribution in [2.75, 3.05) is 5.32 Å². The van der Waals surface area contributed by atoms with Gasteiger partial charge in [0, 0.05) is 42.5 Å². The van der Waals surface area contributed by atoms with Crippen LogP contribution >= 0.6 is 0 Å². The molecule has 0 spiro atoms. The molecule has 0 saturated heterocycles. The molecule has 0 bridgehead atoms. The Morgan fingerprint density at radius 2 is 1.94 bits per heavy atom. The van der Waals surface area contributed by atoms with Crippen LogP contribution in [0.5, 0.6) is 0 Å². The Morgan fingerprint density at radius 3 is 2.72 bits per heavy atom. The van der Waals surface area contributed by atoms with E-state index in [4.69, 9.17) is 5.10 Å². The van der Waals surface area contributed by atoms with Gasteiger partial charge in [-0.1, -0.05) is 0 Å². The fourth-order valence-corrected chi connectivity index (χ4v) is 4.43. The third-order valence-corrected chi connectivity index (χ3v) is 6.24. The van der Waals surface area contributed by atoms with Crippen LogP contribution in [0.1, 0.15) is 53.7 Å². The first-order valence-electron chi connectivity index (χ1n) is 10.8. The maximum Gasteiger partial charge on any atom is 0.274 e. The van der Waals surface area contributed by atoms with E-state index >= 15 is 0 Å². The molecule has 3 heterocycles. The van der Waals surface area contributed by atoms with Gasteiger partial charge in [0.2, 0.25) is 0 Å². The molecule has 32 heavy (non-hydrogen) atoms. The van der Waals surface area contributed by atoms with Gasteiger partial charge in [-0.3, -0.25) is 14.3 Å². The number of anilines is 1. The number of nitrogens with zero attached hydrogens (tertiary/aromatic N) is 5. The maximum absolute atomic E-state index is 12.7. The lowest BCUT2D eigenvalue weighted by atomic mass is 9.84. The van der Waals surface area contributed by atoms with Crippen LogP contribution < -0.4 is 10.9 Å². The third-order valence-electron chi connectivity index (χ3n) is 6.24. The fraction of sp³-hybridized carbons (Fsp3) is 0.292. The summed E-state index contributed by atoms with van der Waals surface area (Å²) in [7, 11) is 1.65. The van der Waals surface area contributed by atoms with E-state index in [1.807, 2.05) is 29.1 Å². The number of hydrogen-bond acceptors (Lipinski definition) is 5. The highest BCUT2D eigenvalue weighted by Gasteiger charge is 2.25. The zero-order valence-electron chi connectivity index (χ0n) is 17.8. The average molecular weight is 428 g/mol. The molecule has 8 nitrogen and oxygen atoms in total. The predicted molar refractivity (Wildman–Crippen MR) is 122 cm³/mol. The molecule has 1 saturated carbocycles. The van der Waals surface area contributed by atoms with Crippen LogP contribution in [0.4, 0.5) is 5.69 Å². The van der Waals surface area contributed by atoms with Gasteiger partial charge in [0.15, 0.2) is 0 Å². The molecule has 4 aromatic rings. The number of rotatable bonds is 4. The zero-order chi connectivity index (χ0) is 22.1. The molecular formula is C24H24N6O2. The highest BCUT2D eigenvalue weighted by atomic mass is 16.2. The van der Waals surface area contributed by atoms with Crippen molar-refractivity contribution in [3.8, 4) is 0 Å². The Hall–Kier alpha value is -3.81. The molecule has 0 atom stereocenters. The average Bonchev–Trinajstić information content (AvgIpc) is 3.26. The minimum Gasteiger partial charge on any atom is -0.317 e. The van der Waals surface area contributed by atoms with E-state index in [2.05, 4.69) is 21.6 Å². The summed E-state index contributed by atoms with van der Waals surface area (Å²) in [4.78, 5) is 24.9. The molecule has 3 aromatic heterocycles. The highest BCUT2D eigenvalue weighted by Crippen LogP contribution is 2.37. The number of hydrogen-bond donors (Lipinski definition) is 1. The van der Waals surface area contributed by atoms with Crippen molar-refractivity contribution in [2.24, 2.45) is 7.05 Å². The van der Waals surface area contributed by atoms with Gasteiger partial charge in [-0.25, -0.2) is 0 Å². The summed E-state index contributed by atoms with van der Waals surface area (Å²) < 4.78 is 3.47. The molecule has 5 rings (SSSR count). The van der Waals surface area contributed by atoms with Gasteiger partial charge in [0.05, 0.1) is 17.3 Å². The van der Waals surface area contributed by atoms with Crippen LogP contribution in [-0.4, -0.2) is 30.5 Å². The SMILES string of the molecule is Cn1cccc(NC(=O)c2ccc3nn(C4CCC(c5cccnn5)CC4)cc3c2)c1=O. The minimum atomic E-state index is -0.313. The van der Waals surface area contributed by atoms with Crippen LogP contribution in [0.3, 0.4) is 0 Å². The summed E-state index contributed by atoms with van der Waals surface area (Å²) in [6.45, 7) is 0. The van der Waals surface area contributed by atoms with Gasteiger partial charge in [0.1, 0.15) is 5.69 Å². The van der Waals surface area contributed by atoms with Crippen molar-refractivity contribution in [2.45, 2.75) is 37.6 Å². The van der Waals surface area contributed by atoms with E-state index < -0.39 is 0 Å². The second-order valence-corrected chi connectivity index (χ2v) is 8.33. The number of pyridine rings is 1. The third kappa shape index (κ3) is 3.91. The van der Waals surface area contributed by atoms with E-state index in [1.165, 1.54) is 4.57 Å². The molecule has 0 radical (unpaired) electrons. The molecule has 1 amide bonds. The number of amides is 1. The van der Waals surface area contributed by atoms with E-state index in [-0.39, 0.29) is 17.2 Å². The largest absolute Gasteiger partial charge is 0.317 e. The number of fused-ring (bicyclic) bond motifs is 1. The lowest BCUT2D eigenvalue weighted by molar-refractivity contribution is 0.102. The van der Waals surface area contributed by atoms with Crippen molar-refractivity contribution in [1.29, 1.82) is 0 Å². The summed E-state index contributed by atoms with van der Waals surface area (Å²) in [6, 6.07) is 13.1. The summed E-state index contributed by atoms with van der Waals surface area (Å²) in [5, 5.41) is 16.6. The summed E-state index contributed by atoms with van der Waals surface area (Å²) >= 11 is 0. The van der Waals surface area contributed by atoms with E-state index in [9.17, 15) is 9.59 Å². The second-order valence-electron chi connectivity index (χ2n) is 8.33. The fourth-order valence-electron chi connectivity index (χ4n) is 4.43. The van der Waals surface area contributed by atoms with Crippen molar-refractivity contribution in [1.82, 2.24) is 24.5 Å². The van der Waals surface area contributed by atoms with Gasteiger partial charge in [0.25, 0.3) is 11.5 Å². The first-order chi connectivity index (χ1) is 15.6. The molecule has 1 N–H and O–H groups in total. The molecule has 1 aliphatic rings. The summed E-state index contributed by atoms with van der Waals surface area (Å²) in [5.41, 5.74) is 2.44. The molecule has 162 valence electrons. The molecule has 1 fully saturated rings. The number of benzene rings is 1. The second kappa shape index (κ2) is 8.37. The van der Waals surface area contributed by atoms with Gasteiger partial charge in [-0.05, 0) is 68.1 Å². The molecule has 1 aromatic carbocycles. The standard InChI is InChI=1S/C24H24N6O2/c1-29-13-3-5-22(24(29)32)26-23(31)17-8-11-21-18(14-17)15-30(28-21)19-9-6-16(7-10-19)20-4-2-12-25-27-20/h2-5,8,11-16,19H,6-7,9-10H2,1H3,(H,26,31). The summed E-state index contributed by atoms with van der Waals surface area (Å²) in [5.74, 6) is 0.137. The van der Waals surface area contributed by atoms with Crippen molar-refractivity contribution in [3.05, 3.63) is 82.7 Å².